The van der Waals surface area contributed by atoms with Gasteiger partial charge in [0.15, 0.2) is 0 Å². The maximum absolute atomic E-state index is 12.0. The van der Waals surface area contributed by atoms with Gasteiger partial charge in [-0.15, -0.1) is 0 Å². The number of non-ortho nitro benzene ring substituents is 1. The van der Waals surface area contributed by atoms with E-state index in [2.05, 4.69) is 10.3 Å². The first-order valence-corrected chi connectivity index (χ1v) is 7.41. The van der Waals surface area contributed by atoms with Crippen molar-refractivity contribution in [1.29, 1.82) is 0 Å². The molecule has 1 amide bonds. The molecule has 8 heteroatoms. The number of benzene rings is 1. The minimum absolute atomic E-state index is 0.0132. The van der Waals surface area contributed by atoms with Crippen molar-refractivity contribution < 1.29 is 9.72 Å². The van der Waals surface area contributed by atoms with E-state index >= 15 is 0 Å². The van der Waals surface area contributed by atoms with Crippen molar-refractivity contribution in [3.05, 3.63) is 67.9 Å². The first-order valence-electron chi connectivity index (χ1n) is 7.41. The fourth-order valence-electron chi connectivity index (χ4n) is 2.13. The number of rotatable bonds is 6. The molecule has 126 valence electrons. The molecule has 2 rings (SSSR count). The van der Waals surface area contributed by atoms with E-state index in [9.17, 15) is 19.7 Å². The lowest BCUT2D eigenvalue weighted by Crippen LogP contribution is -2.32. The Hall–Kier alpha value is -3.03. The Morgan fingerprint density at radius 2 is 1.96 bits per heavy atom. The monoisotopic (exact) mass is 330 g/mol. The first kappa shape index (κ1) is 17.3. The molecule has 1 aromatic carbocycles. The Morgan fingerprint density at radius 3 is 2.58 bits per heavy atom. The van der Waals surface area contributed by atoms with E-state index in [1.807, 2.05) is 0 Å². The van der Waals surface area contributed by atoms with Crippen LogP contribution in [0.5, 0.6) is 0 Å². The molecule has 0 atom stereocenters. The lowest BCUT2D eigenvalue weighted by Gasteiger charge is -2.09. The smallest absolute Gasteiger partial charge is 0.269 e. The Kier molecular flexibility index (Phi) is 5.41. The highest BCUT2D eigenvalue weighted by atomic mass is 16.6. The summed E-state index contributed by atoms with van der Waals surface area (Å²) in [6.45, 7) is 4.12. The van der Waals surface area contributed by atoms with Crippen molar-refractivity contribution in [2.45, 2.75) is 26.8 Å². The second kappa shape index (κ2) is 7.49. The standard InChI is InChI=1S/C16H18N4O4/c1-11-12(2)18-10-19(16(11)22)8-7-17-15(21)9-13-3-5-14(6-4-13)20(23)24/h3-6,10H,7-9H2,1-2H3,(H,17,21). The van der Waals surface area contributed by atoms with Gasteiger partial charge in [-0.05, 0) is 19.4 Å². The summed E-state index contributed by atoms with van der Waals surface area (Å²) in [6, 6.07) is 5.83. The summed E-state index contributed by atoms with van der Waals surface area (Å²) in [6.07, 6.45) is 1.59. The van der Waals surface area contributed by atoms with E-state index in [0.29, 0.717) is 29.9 Å². The quantitative estimate of drug-likeness (QED) is 0.631. The third-order valence-electron chi connectivity index (χ3n) is 3.70. The molecule has 0 aliphatic carbocycles. The normalized spacial score (nSPS) is 10.4. The van der Waals surface area contributed by atoms with E-state index in [0.717, 1.165) is 0 Å². The highest BCUT2D eigenvalue weighted by molar-refractivity contribution is 5.78. The molecule has 0 unspecified atom stereocenters. The molecule has 8 nitrogen and oxygen atoms in total. The van der Waals surface area contributed by atoms with Gasteiger partial charge < -0.3 is 5.32 Å². The van der Waals surface area contributed by atoms with Crippen LogP contribution in [0, 0.1) is 24.0 Å². The Balaban J connectivity index is 1.86. The summed E-state index contributed by atoms with van der Waals surface area (Å²) in [4.78, 5) is 38.1. The second-order valence-electron chi connectivity index (χ2n) is 5.40. The Morgan fingerprint density at radius 1 is 1.29 bits per heavy atom. The van der Waals surface area contributed by atoms with Crippen LogP contribution in [0.2, 0.25) is 0 Å². The van der Waals surface area contributed by atoms with Crippen LogP contribution in [0.3, 0.4) is 0 Å². The van der Waals surface area contributed by atoms with Gasteiger partial charge in [0.25, 0.3) is 11.2 Å². The van der Waals surface area contributed by atoms with Gasteiger partial charge in [-0.25, -0.2) is 4.98 Å². The molecule has 24 heavy (non-hydrogen) atoms. The van der Waals surface area contributed by atoms with Gasteiger partial charge in [0, 0.05) is 36.5 Å². The lowest BCUT2D eigenvalue weighted by molar-refractivity contribution is -0.384. The third-order valence-corrected chi connectivity index (χ3v) is 3.70. The van der Waals surface area contributed by atoms with Gasteiger partial charge in [0.05, 0.1) is 17.7 Å². The van der Waals surface area contributed by atoms with Crippen LogP contribution in [-0.2, 0) is 17.8 Å². The average Bonchev–Trinajstić information content (AvgIpc) is 2.55. The zero-order chi connectivity index (χ0) is 17.7. The number of carbonyl (C=O) groups is 1. The summed E-state index contributed by atoms with van der Waals surface area (Å²) in [5.74, 6) is -0.214. The minimum Gasteiger partial charge on any atom is -0.354 e. The van der Waals surface area contributed by atoms with Gasteiger partial charge in [0.2, 0.25) is 5.91 Å². The number of hydrogen-bond donors (Lipinski definition) is 1. The van der Waals surface area contributed by atoms with Crippen LogP contribution in [0.25, 0.3) is 0 Å². The fourth-order valence-corrected chi connectivity index (χ4v) is 2.13. The Bertz CT molecular complexity index is 812. The number of aromatic nitrogens is 2. The molecule has 0 radical (unpaired) electrons. The van der Waals surface area contributed by atoms with Gasteiger partial charge in [-0.3, -0.25) is 24.3 Å². The lowest BCUT2D eigenvalue weighted by atomic mass is 10.1. The van der Waals surface area contributed by atoms with Crippen molar-refractivity contribution in [3.63, 3.8) is 0 Å². The molecular weight excluding hydrogens is 312 g/mol. The van der Waals surface area contributed by atoms with Crippen LogP contribution in [0.15, 0.2) is 35.4 Å². The number of nitro benzene ring substituents is 1. The highest BCUT2D eigenvalue weighted by Crippen LogP contribution is 2.12. The summed E-state index contributed by atoms with van der Waals surface area (Å²) >= 11 is 0. The summed E-state index contributed by atoms with van der Waals surface area (Å²) in [5, 5.41) is 13.3. The molecule has 1 aromatic heterocycles. The summed E-state index contributed by atoms with van der Waals surface area (Å²) in [7, 11) is 0. The van der Waals surface area contributed by atoms with Crippen molar-refractivity contribution in [2.75, 3.05) is 6.54 Å². The van der Waals surface area contributed by atoms with E-state index in [4.69, 9.17) is 0 Å². The van der Waals surface area contributed by atoms with Gasteiger partial charge in [-0.1, -0.05) is 12.1 Å². The number of amides is 1. The predicted molar refractivity (Wildman–Crippen MR) is 87.8 cm³/mol. The summed E-state index contributed by atoms with van der Waals surface area (Å²) < 4.78 is 1.45. The molecule has 0 saturated carbocycles. The Labute approximate surface area is 138 Å². The molecule has 0 aliphatic rings. The van der Waals surface area contributed by atoms with Gasteiger partial charge in [0.1, 0.15) is 0 Å². The van der Waals surface area contributed by atoms with Crippen LogP contribution < -0.4 is 10.9 Å². The van der Waals surface area contributed by atoms with Crippen LogP contribution in [-0.4, -0.2) is 26.9 Å². The molecule has 0 bridgehead atoms. The molecule has 0 spiro atoms. The van der Waals surface area contributed by atoms with Crippen molar-refractivity contribution >= 4 is 11.6 Å². The van der Waals surface area contributed by atoms with Crippen LogP contribution >= 0.6 is 0 Å². The average molecular weight is 330 g/mol. The zero-order valence-electron chi connectivity index (χ0n) is 13.5. The molecular formula is C16H18N4O4. The topological polar surface area (TPSA) is 107 Å². The number of carbonyl (C=O) groups excluding carboxylic acids is 1. The predicted octanol–water partition coefficient (Wildman–Crippen LogP) is 1.13. The van der Waals surface area contributed by atoms with E-state index < -0.39 is 4.92 Å². The second-order valence-corrected chi connectivity index (χ2v) is 5.40. The molecule has 0 saturated heterocycles. The minimum atomic E-state index is -0.487. The SMILES string of the molecule is Cc1ncn(CCNC(=O)Cc2ccc([N+](=O)[O-])cc2)c(=O)c1C. The van der Waals surface area contributed by atoms with Crippen molar-refractivity contribution in [3.8, 4) is 0 Å². The van der Waals surface area contributed by atoms with Crippen LogP contribution in [0.4, 0.5) is 5.69 Å². The third kappa shape index (κ3) is 4.25. The largest absolute Gasteiger partial charge is 0.354 e. The number of nitrogens with one attached hydrogen (secondary N) is 1. The summed E-state index contributed by atoms with van der Waals surface area (Å²) in [5.41, 5.74) is 1.84. The number of aryl methyl sites for hydroxylation is 1. The van der Waals surface area contributed by atoms with Gasteiger partial charge >= 0.3 is 0 Å². The van der Waals surface area contributed by atoms with E-state index in [1.54, 1.807) is 26.0 Å². The number of hydrogen-bond acceptors (Lipinski definition) is 5. The van der Waals surface area contributed by atoms with E-state index in [1.165, 1.54) is 23.0 Å². The highest BCUT2D eigenvalue weighted by Gasteiger charge is 2.08. The number of nitro groups is 1. The zero-order valence-corrected chi connectivity index (χ0v) is 13.5. The van der Waals surface area contributed by atoms with E-state index in [-0.39, 0.29) is 23.6 Å². The molecule has 2 aromatic rings. The first-order chi connectivity index (χ1) is 11.4. The van der Waals surface area contributed by atoms with Gasteiger partial charge in [-0.2, -0.15) is 0 Å². The molecule has 0 fully saturated rings. The molecule has 0 aliphatic heterocycles. The maximum atomic E-state index is 12.0. The van der Waals surface area contributed by atoms with Crippen molar-refractivity contribution in [1.82, 2.24) is 14.9 Å². The van der Waals surface area contributed by atoms with Crippen LogP contribution in [0.1, 0.15) is 16.8 Å². The van der Waals surface area contributed by atoms with Crippen molar-refractivity contribution in [2.24, 2.45) is 0 Å². The fraction of sp³-hybridized carbons (Fsp3) is 0.312. The maximum Gasteiger partial charge on any atom is 0.269 e. The molecule has 1 heterocycles. The number of nitrogens with zero attached hydrogens (tertiary/aromatic N) is 3. The molecule has 1 N–H and O–H groups in total.